The molecule has 1 aliphatic rings. The number of nitrogens with zero attached hydrogens (tertiary/aromatic N) is 2. The number of para-hydroxylation sites is 1. The van der Waals surface area contributed by atoms with Crippen LogP contribution < -0.4 is 9.75 Å². The monoisotopic (exact) mass is 604 g/mol. The summed E-state index contributed by atoms with van der Waals surface area (Å²) < 4.78 is 21.0. The second-order valence-corrected chi connectivity index (χ2v) is 9.82. The van der Waals surface area contributed by atoms with Gasteiger partial charge in [0.2, 0.25) is 0 Å². The summed E-state index contributed by atoms with van der Waals surface area (Å²) in [6.07, 6.45) is 1.80. The molecule has 0 spiro atoms. The summed E-state index contributed by atoms with van der Waals surface area (Å²) in [7, 11) is 0. The number of hydrazone groups is 1. The minimum atomic E-state index is -0.301. The maximum atomic E-state index is 13.6. The van der Waals surface area contributed by atoms with Crippen LogP contribution in [0.1, 0.15) is 16.7 Å². The molecule has 0 bridgehead atoms. The predicted molar refractivity (Wildman–Crippen MR) is 147 cm³/mol. The molecular formula is C29H19Br2FN2O2. The van der Waals surface area contributed by atoms with Gasteiger partial charge in [0.25, 0.3) is 5.91 Å². The lowest BCUT2D eigenvalue weighted by Gasteiger charge is -2.14. The lowest BCUT2D eigenvalue weighted by molar-refractivity contribution is -0.114. The molecule has 0 radical (unpaired) electrons. The summed E-state index contributed by atoms with van der Waals surface area (Å²) in [4.78, 5) is 13.6. The van der Waals surface area contributed by atoms with E-state index < -0.39 is 0 Å². The minimum absolute atomic E-state index is 0.236. The number of amides is 1. The molecule has 0 aromatic heterocycles. The van der Waals surface area contributed by atoms with E-state index in [0.717, 1.165) is 20.1 Å². The van der Waals surface area contributed by atoms with Gasteiger partial charge in [-0.25, -0.2) is 4.39 Å². The van der Waals surface area contributed by atoms with Crippen LogP contribution in [-0.2, 0) is 11.4 Å². The molecule has 0 unspecified atom stereocenters. The zero-order valence-electron chi connectivity index (χ0n) is 18.9. The van der Waals surface area contributed by atoms with E-state index >= 15 is 0 Å². The van der Waals surface area contributed by atoms with Gasteiger partial charge in [-0.3, -0.25) is 4.79 Å². The maximum Gasteiger partial charge on any atom is 0.281 e. The van der Waals surface area contributed by atoms with E-state index in [1.807, 2.05) is 72.8 Å². The lowest BCUT2D eigenvalue weighted by Crippen LogP contribution is -2.21. The summed E-state index contributed by atoms with van der Waals surface area (Å²) in [6.45, 7) is 0.237. The van der Waals surface area contributed by atoms with Gasteiger partial charge < -0.3 is 4.74 Å². The lowest BCUT2D eigenvalue weighted by atomic mass is 10.00. The molecule has 4 nitrogen and oxygen atoms in total. The minimum Gasteiger partial charge on any atom is -0.487 e. The summed E-state index contributed by atoms with van der Waals surface area (Å²) in [5.41, 5.74) is 4.05. The van der Waals surface area contributed by atoms with Crippen LogP contribution in [0.5, 0.6) is 5.75 Å². The Hall–Kier alpha value is -3.55. The zero-order chi connectivity index (χ0) is 25.1. The molecule has 0 saturated heterocycles. The molecule has 7 heteroatoms. The van der Waals surface area contributed by atoms with Crippen LogP contribution in [0.3, 0.4) is 0 Å². The van der Waals surface area contributed by atoms with E-state index in [-0.39, 0.29) is 18.3 Å². The van der Waals surface area contributed by atoms with Gasteiger partial charge in [0.05, 0.1) is 15.7 Å². The van der Waals surface area contributed by atoms with E-state index in [1.54, 1.807) is 18.2 Å². The molecular weight excluding hydrogens is 587 g/mol. The Morgan fingerprint density at radius 2 is 1.56 bits per heavy atom. The molecule has 1 aliphatic heterocycles. The molecule has 0 saturated carbocycles. The first-order valence-corrected chi connectivity index (χ1v) is 12.7. The molecule has 4 aromatic rings. The van der Waals surface area contributed by atoms with Gasteiger partial charge >= 0.3 is 0 Å². The zero-order valence-corrected chi connectivity index (χ0v) is 22.0. The molecule has 0 aliphatic carbocycles. The Labute approximate surface area is 225 Å². The number of hydrogen-bond acceptors (Lipinski definition) is 3. The number of halogens is 3. The van der Waals surface area contributed by atoms with E-state index in [9.17, 15) is 9.18 Å². The number of ether oxygens (including phenoxy) is 1. The largest absolute Gasteiger partial charge is 0.487 e. The average molecular weight is 606 g/mol. The van der Waals surface area contributed by atoms with Crippen LogP contribution in [0, 0.1) is 5.82 Å². The number of benzene rings is 4. The van der Waals surface area contributed by atoms with Crippen molar-refractivity contribution in [1.82, 2.24) is 0 Å². The topological polar surface area (TPSA) is 41.9 Å². The van der Waals surface area contributed by atoms with Gasteiger partial charge in [-0.05, 0) is 64.0 Å². The van der Waals surface area contributed by atoms with Crippen molar-refractivity contribution in [2.24, 2.45) is 5.10 Å². The van der Waals surface area contributed by atoms with E-state index in [1.165, 1.54) is 17.1 Å². The van der Waals surface area contributed by atoms with Gasteiger partial charge in [-0.15, -0.1) is 0 Å². The Balaban J connectivity index is 1.57. The molecule has 36 heavy (non-hydrogen) atoms. The van der Waals surface area contributed by atoms with E-state index in [0.29, 0.717) is 28.3 Å². The van der Waals surface area contributed by atoms with E-state index in [4.69, 9.17) is 9.84 Å². The Morgan fingerprint density at radius 1 is 0.889 bits per heavy atom. The van der Waals surface area contributed by atoms with Crippen molar-refractivity contribution in [2.45, 2.75) is 6.61 Å². The fraction of sp³-hybridized carbons (Fsp3) is 0.0345. The highest BCUT2D eigenvalue weighted by molar-refractivity contribution is 9.11. The average Bonchev–Trinajstić information content (AvgIpc) is 3.21. The number of hydrogen-bond donors (Lipinski definition) is 0. The number of carbonyl (C=O) groups is 1. The van der Waals surface area contributed by atoms with Crippen molar-refractivity contribution < 1.29 is 13.9 Å². The predicted octanol–water partition coefficient (Wildman–Crippen LogP) is 7.76. The third-order valence-corrected chi connectivity index (χ3v) is 6.61. The van der Waals surface area contributed by atoms with Crippen molar-refractivity contribution >= 4 is 55.2 Å². The first-order valence-electron chi connectivity index (χ1n) is 11.1. The number of anilines is 1. The first-order chi connectivity index (χ1) is 17.5. The van der Waals surface area contributed by atoms with Crippen molar-refractivity contribution in [2.75, 3.05) is 5.01 Å². The Bertz CT molecular complexity index is 1470. The maximum absolute atomic E-state index is 13.6. The van der Waals surface area contributed by atoms with Gasteiger partial charge in [0.1, 0.15) is 23.9 Å². The molecule has 4 aromatic carbocycles. The smallest absolute Gasteiger partial charge is 0.281 e. The molecule has 5 rings (SSSR count). The van der Waals surface area contributed by atoms with Gasteiger partial charge in [0, 0.05) is 15.6 Å². The van der Waals surface area contributed by atoms with Crippen LogP contribution in [0.25, 0.3) is 6.08 Å². The first kappa shape index (κ1) is 24.2. The van der Waals surface area contributed by atoms with Gasteiger partial charge in [-0.2, -0.15) is 10.1 Å². The molecule has 178 valence electrons. The fourth-order valence-corrected chi connectivity index (χ4v) is 5.20. The molecule has 1 heterocycles. The Kier molecular flexibility index (Phi) is 7.11. The summed E-state index contributed by atoms with van der Waals surface area (Å²) >= 11 is 7.13. The second-order valence-electron chi connectivity index (χ2n) is 8.05. The SMILES string of the molecule is O=C1/C(=C\c2cc(Br)cc(Br)c2OCc2ccc(F)cc2)C(c2ccccc2)=NN1c1ccccc1. The van der Waals surface area contributed by atoms with Crippen LogP contribution >= 0.6 is 31.9 Å². The van der Waals surface area contributed by atoms with Crippen molar-refractivity contribution in [3.8, 4) is 5.75 Å². The molecule has 0 N–H and O–H groups in total. The van der Waals surface area contributed by atoms with Crippen LogP contribution in [-0.4, -0.2) is 11.6 Å². The second kappa shape index (κ2) is 10.6. The summed E-state index contributed by atoms with van der Waals surface area (Å²) in [5, 5.41) is 6.11. The highest BCUT2D eigenvalue weighted by atomic mass is 79.9. The molecule has 0 fully saturated rings. The normalized spacial score (nSPS) is 14.3. The molecule has 1 amide bonds. The summed E-state index contributed by atoms with van der Waals surface area (Å²) in [5.74, 6) is 0.0264. The van der Waals surface area contributed by atoms with Crippen LogP contribution in [0.4, 0.5) is 10.1 Å². The van der Waals surface area contributed by atoms with E-state index in [2.05, 4.69) is 31.9 Å². The third-order valence-electron chi connectivity index (χ3n) is 5.56. The quantitative estimate of drug-likeness (QED) is 0.211. The number of rotatable bonds is 6. The molecule has 0 atom stereocenters. The standard InChI is InChI=1S/C29H19Br2FN2O2/c30-22-15-21(28(26(31)17-22)36-18-19-11-13-23(32)14-12-19)16-25-27(20-7-3-1-4-8-20)33-34(29(25)35)24-9-5-2-6-10-24/h1-17H,18H2/b25-16-. The van der Waals surface area contributed by atoms with Crippen LogP contribution in [0.15, 0.2) is 117 Å². The Morgan fingerprint density at radius 3 is 2.25 bits per heavy atom. The van der Waals surface area contributed by atoms with Crippen molar-refractivity contribution in [3.05, 3.63) is 134 Å². The highest BCUT2D eigenvalue weighted by Gasteiger charge is 2.32. The van der Waals surface area contributed by atoms with Gasteiger partial charge in [-0.1, -0.05) is 76.6 Å². The third kappa shape index (κ3) is 5.17. The van der Waals surface area contributed by atoms with Crippen molar-refractivity contribution in [3.63, 3.8) is 0 Å². The number of carbonyl (C=O) groups excluding carboxylic acids is 1. The van der Waals surface area contributed by atoms with Crippen molar-refractivity contribution in [1.29, 1.82) is 0 Å². The van der Waals surface area contributed by atoms with Crippen LogP contribution in [0.2, 0.25) is 0 Å². The van der Waals surface area contributed by atoms with Gasteiger partial charge in [0.15, 0.2) is 0 Å². The fourth-order valence-electron chi connectivity index (χ4n) is 3.83. The highest BCUT2D eigenvalue weighted by Crippen LogP contribution is 2.36. The summed E-state index contributed by atoms with van der Waals surface area (Å²) in [6, 6.07) is 28.9.